The molecule has 102 valence electrons. The van der Waals surface area contributed by atoms with Crippen LogP contribution in [0.5, 0.6) is 0 Å². The molecule has 2 heteroatoms. The van der Waals surface area contributed by atoms with Gasteiger partial charge >= 0.3 is 0 Å². The van der Waals surface area contributed by atoms with Crippen LogP contribution in [0.1, 0.15) is 45.1 Å². The summed E-state index contributed by atoms with van der Waals surface area (Å²) >= 11 is 0. The second-order valence-electron chi connectivity index (χ2n) is 5.64. The van der Waals surface area contributed by atoms with Gasteiger partial charge in [-0.25, -0.2) is 0 Å². The molecule has 19 heavy (non-hydrogen) atoms. The predicted molar refractivity (Wildman–Crippen MR) is 79.5 cm³/mol. The first-order chi connectivity index (χ1) is 9.36. The number of nitrogens with zero attached hydrogens (tertiary/aromatic N) is 1. The van der Waals surface area contributed by atoms with Crippen molar-refractivity contribution in [2.24, 2.45) is 0 Å². The summed E-state index contributed by atoms with van der Waals surface area (Å²) in [6.45, 7) is 3.10. The topological polar surface area (TPSA) is 14.2 Å². The first-order valence-corrected chi connectivity index (χ1v) is 7.54. The molecule has 1 heterocycles. The molecule has 1 aromatic heterocycles. The lowest BCUT2D eigenvalue weighted by Crippen LogP contribution is -2.23. The summed E-state index contributed by atoms with van der Waals surface area (Å²) in [7, 11) is 0. The summed E-state index contributed by atoms with van der Waals surface area (Å²) < 4.78 is 8.28. The van der Waals surface area contributed by atoms with Crippen molar-refractivity contribution in [1.29, 1.82) is 0 Å². The minimum atomic E-state index is 0.501. The third-order valence-corrected chi connectivity index (χ3v) is 4.20. The van der Waals surface area contributed by atoms with Gasteiger partial charge in [-0.2, -0.15) is 0 Å². The van der Waals surface area contributed by atoms with Gasteiger partial charge in [0.25, 0.3) is 0 Å². The van der Waals surface area contributed by atoms with Crippen molar-refractivity contribution in [3.8, 4) is 0 Å². The number of hydrogen-bond acceptors (Lipinski definition) is 1. The van der Waals surface area contributed by atoms with Crippen molar-refractivity contribution in [1.82, 2.24) is 4.57 Å². The largest absolute Gasteiger partial charge is 0.378 e. The molecule has 2 nitrogen and oxygen atoms in total. The first kappa shape index (κ1) is 12.7. The third-order valence-electron chi connectivity index (χ3n) is 4.20. The Hall–Kier alpha value is -1.28. The van der Waals surface area contributed by atoms with E-state index in [1.807, 2.05) is 0 Å². The molecule has 0 amide bonds. The molecule has 1 fully saturated rings. The SMILES string of the molecule is CCCOC1CCC(n2cc3ccccc3c2)CC1. The Morgan fingerprint density at radius 1 is 1.05 bits per heavy atom. The Bertz CT molecular complexity index is 490. The number of ether oxygens (including phenoxy) is 1. The van der Waals surface area contributed by atoms with Crippen molar-refractivity contribution >= 4 is 10.8 Å². The third kappa shape index (κ3) is 2.84. The maximum atomic E-state index is 5.87. The Morgan fingerprint density at radius 3 is 2.26 bits per heavy atom. The van der Waals surface area contributed by atoms with Gasteiger partial charge in [0.15, 0.2) is 0 Å². The summed E-state index contributed by atoms with van der Waals surface area (Å²) in [5.74, 6) is 0. The van der Waals surface area contributed by atoms with E-state index in [1.54, 1.807) is 0 Å². The van der Waals surface area contributed by atoms with Gasteiger partial charge in [-0.15, -0.1) is 0 Å². The molecular weight excluding hydrogens is 234 g/mol. The highest BCUT2D eigenvalue weighted by Gasteiger charge is 2.22. The Labute approximate surface area is 115 Å². The van der Waals surface area contributed by atoms with Crippen molar-refractivity contribution in [3.63, 3.8) is 0 Å². The zero-order valence-electron chi connectivity index (χ0n) is 11.7. The van der Waals surface area contributed by atoms with Crippen molar-refractivity contribution < 1.29 is 4.74 Å². The number of fused-ring (bicyclic) bond motifs is 1. The van der Waals surface area contributed by atoms with Crippen LogP contribution in [0.3, 0.4) is 0 Å². The lowest BCUT2D eigenvalue weighted by Gasteiger charge is -2.29. The quantitative estimate of drug-likeness (QED) is 0.783. The van der Waals surface area contributed by atoms with E-state index in [0.717, 1.165) is 13.0 Å². The first-order valence-electron chi connectivity index (χ1n) is 7.54. The molecule has 1 aliphatic rings. The molecule has 0 saturated heterocycles. The van der Waals surface area contributed by atoms with E-state index >= 15 is 0 Å². The molecular formula is C17H23NO. The van der Waals surface area contributed by atoms with E-state index < -0.39 is 0 Å². The molecule has 0 bridgehead atoms. The number of rotatable bonds is 4. The van der Waals surface area contributed by atoms with Crippen LogP contribution in [-0.2, 0) is 4.74 Å². The summed E-state index contributed by atoms with van der Waals surface area (Å²) in [5.41, 5.74) is 0. The van der Waals surface area contributed by atoms with E-state index in [1.165, 1.54) is 36.5 Å². The summed E-state index contributed by atoms with van der Waals surface area (Å²) in [6.07, 6.45) is 11.1. The fraction of sp³-hybridized carbons (Fsp3) is 0.529. The molecule has 1 aromatic carbocycles. The highest BCUT2D eigenvalue weighted by Crippen LogP contribution is 2.31. The van der Waals surface area contributed by atoms with Crippen molar-refractivity contribution in [3.05, 3.63) is 36.7 Å². The Balaban J connectivity index is 1.64. The van der Waals surface area contributed by atoms with Crippen molar-refractivity contribution in [2.45, 2.75) is 51.2 Å². The van der Waals surface area contributed by atoms with E-state index in [-0.39, 0.29) is 0 Å². The summed E-state index contributed by atoms with van der Waals surface area (Å²) in [5, 5.41) is 2.71. The second-order valence-corrected chi connectivity index (χ2v) is 5.64. The smallest absolute Gasteiger partial charge is 0.0576 e. The van der Waals surface area contributed by atoms with Gasteiger partial charge in [0.2, 0.25) is 0 Å². The van der Waals surface area contributed by atoms with Crippen LogP contribution >= 0.6 is 0 Å². The van der Waals surface area contributed by atoms with E-state index in [0.29, 0.717) is 12.1 Å². The van der Waals surface area contributed by atoms with Crippen LogP contribution in [0.25, 0.3) is 10.8 Å². The lowest BCUT2D eigenvalue weighted by atomic mass is 9.93. The van der Waals surface area contributed by atoms with Crippen LogP contribution in [0.4, 0.5) is 0 Å². The maximum Gasteiger partial charge on any atom is 0.0576 e. The monoisotopic (exact) mass is 257 g/mol. The lowest BCUT2D eigenvalue weighted by molar-refractivity contribution is 0.0199. The van der Waals surface area contributed by atoms with Gasteiger partial charge in [0, 0.05) is 25.0 Å². The molecule has 0 radical (unpaired) electrons. The average molecular weight is 257 g/mol. The normalized spacial score (nSPS) is 23.8. The predicted octanol–water partition coefficient (Wildman–Crippen LogP) is 4.55. The van der Waals surface area contributed by atoms with Crippen LogP contribution in [0.15, 0.2) is 36.7 Å². The van der Waals surface area contributed by atoms with E-state index in [9.17, 15) is 0 Å². The fourth-order valence-electron chi connectivity index (χ4n) is 3.11. The van der Waals surface area contributed by atoms with E-state index in [4.69, 9.17) is 4.74 Å². The van der Waals surface area contributed by atoms with Gasteiger partial charge in [0.05, 0.1) is 6.10 Å². The highest BCUT2D eigenvalue weighted by molar-refractivity contribution is 5.82. The minimum absolute atomic E-state index is 0.501. The van der Waals surface area contributed by atoms with E-state index in [2.05, 4.69) is 48.1 Å². The van der Waals surface area contributed by atoms with Crippen LogP contribution in [-0.4, -0.2) is 17.3 Å². The van der Waals surface area contributed by atoms with Crippen LogP contribution in [0, 0.1) is 0 Å². The molecule has 0 spiro atoms. The van der Waals surface area contributed by atoms with Crippen LogP contribution in [0.2, 0.25) is 0 Å². The zero-order chi connectivity index (χ0) is 13.1. The summed E-state index contributed by atoms with van der Waals surface area (Å²) in [4.78, 5) is 0. The number of benzene rings is 1. The molecule has 1 saturated carbocycles. The van der Waals surface area contributed by atoms with Crippen molar-refractivity contribution in [2.75, 3.05) is 6.61 Å². The van der Waals surface area contributed by atoms with Gasteiger partial charge in [-0.3, -0.25) is 0 Å². The maximum absolute atomic E-state index is 5.87. The summed E-state index contributed by atoms with van der Waals surface area (Å²) in [6, 6.07) is 9.28. The zero-order valence-corrected chi connectivity index (χ0v) is 11.7. The molecule has 1 aliphatic carbocycles. The second kappa shape index (κ2) is 5.79. The van der Waals surface area contributed by atoms with Gasteiger partial charge in [-0.05, 0) is 42.9 Å². The molecule has 0 atom stereocenters. The average Bonchev–Trinajstić information content (AvgIpc) is 2.89. The minimum Gasteiger partial charge on any atom is -0.378 e. The number of aromatic nitrogens is 1. The molecule has 0 N–H and O–H groups in total. The fourth-order valence-corrected chi connectivity index (χ4v) is 3.11. The van der Waals surface area contributed by atoms with Gasteiger partial charge in [-0.1, -0.05) is 31.2 Å². The van der Waals surface area contributed by atoms with Gasteiger partial charge < -0.3 is 9.30 Å². The molecule has 2 aromatic rings. The molecule has 0 aliphatic heterocycles. The highest BCUT2D eigenvalue weighted by atomic mass is 16.5. The molecule has 3 rings (SSSR count). The number of hydrogen-bond donors (Lipinski definition) is 0. The Morgan fingerprint density at radius 2 is 1.68 bits per heavy atom. The van der Waals surface area contributed by atoms with Crippen LogP contribution < -0.4 is 0 Å². The van der Waals surface area contributed by atoms with Gasteiger partial charge in [0.1, 0.15) is 0 Å². The standard InChI is InChI=1S/C17H23NO/c1-2-11-19-17-9-7-16(8-10-17)18-12-14-5-3-4-6-15(14)13-18/h3-6,12-13,16-17H,2,7-11H2,1H3. The Kier molecular flexibility index (Phi) is 3.88. The molecule has 0 unspecified atom stereocenters.